The van der Waals surface area contributed by atoms with Crippen molar-refractivity contribution in [2.24, 2.45) is 46.3 Å². The van der Waals surface area contributed by atoms with E-state index in [9.17, 15) is 9.59 Å². The second kappa shape index (κ2) is 4.13. The van der Waals surface area contributed by atoms with Crippen LogP contribution in [-0.4, -0.2) is 11.6 Å². The number of rotatable bonds is 0. The van der Waals surface area contributed by atoms with Crippen LogP contribution < -0.4 is 0 Å². The average Bonchev–Trinajstić information content (AvgIpc) is 2.88. The van der Waals surface area contributed by atoms with Crippen molar-refractivity contribution in [3.63, 3.8) is 0 Å². The lowest BCUT2D eigenvalue weighted by Crippen LogP contribution is -2.51. The van der Waals surface area contributed by atoms with Crippen LogP contribution in [0.3, 0.4) is 0 Å². The second-order valence-electron chi connectivity index (χ2n) is 9.28. The first-order valence-corrected chi connectivity index (χ1v) is 8.97. The smallest absolute Gasteiger partial charge is 0.150 e. The van der Waals surface area contributed by atoms with Gasteiger partial charge in [0.1, 0.15) is 11.6 Å². The topological polar surface area (TPSA) is 34.1 Å². The molecule has 0 radical (unpaired) electrons. The van der Waals surface area contributed by atoms with Crippen molar-refractivity contribution in [2.75, 3.05) is 0 Å². The number of fused-ring (bicyclic) bond motifs is 2. The normalized spacial score (nSPS) is 52.3. The highest BCUT2D eigenvalue weighted by atomic mass is 16.2. The van der Waals surface area contributed by atoms with Gasteiger partial charge < -0.3 is 0 Å². The van der Waals surface area contributed by atoms with Gasteiger partial charge in [-0.05, 0) is 54.8 Å². The zero-order chi connectivity index (χ0) is 16.0. The maximum absolute atomic E-state index is 13.4. The molecule has 7 atom stereocenters. The van der Waals surface area contributed by atoms with Gasteiger partial charge in [-0.2, -0.15) is 0 Å². The summed E-state index contributed by atoms with van der Waals surface area (Å²) in [5, 5.41) is 0. The molecule has 0 saturated heterocycles. The first kappa shape index (κ1) is 14.7. The van der Waals surface area contributed by atoms with Crippen molar-refractivity contribution in [3.05, 3.63) is 11.6 Å². The van der Waals surface area contributed by atoms with Crippen LogP contribution in [0.4, 0.5) is 0 Å². The zero-order valence-corrected chi connectivity index (χ0v) is 14.5. The predicted molar refractivity (Wildman–Crippen MR) is 86.1 cm³/mol. The maximum atomic E-state index is 13.4. The number of allylic oxidation sites excluding steroid dienone is 2. The van der Waals surface area contributed by atoms with Crippen molar-refractivity contribution < 1.29 is 9.59 Å². The third-order valence-electron chi connectivity index (χ3n) is 7.73. The first-order valence-electron chi connectivity index (χ1n) is 8.97. The summed E-state index contributed by atoms with van der Waals surface area (Å²) in [6.07, 6.45) is 4.83. The van der Waals surface area contributed by atoms with Gasteiger partial charge in [0.15, 0.2) is 0 Å². The Morgan fingerprint density at radius 1 is 1.09 bits per heavy atom. The minimum Gasteiger partial charge on any atom is -0.299 e. The summed E-state index contributed by atoms with van der Waals surface area (Å²) in [5.74, 6) is 2.51. The largest absolute Gasteiger partial charge is 0.299 e. The monoisotopic (exact) mass is 300 g/mol. The minimum absolute atomic E-state index is 0.0443. The number of carbonyl (C=O) groups excluding carboxylic acids is 2. The molecule has 0 aromatic rings. The molecule has 0 unspecified atom stereocenters. The average molecular weight is 300 g/mol. The fourth-order valence-corrected chi connectivity index (χ4v) is 6.68. The maximum Gasteiger partial charge on any atom is 0.150 e. The highest BCUT2D eigenvalue weighted by molar-refractivity contribution is 6.11. The highest BCUT2D eigenvalue weighted by Crippen LogP contribution is 2.73. The Hall–Kier alpha value is -0.920. The molecule has 2 heteroatoms. The number of hydrogen-bond donors (Lipinski definition) is 0. The van der Waals surface area contributed by atoms with Crippen LogP contribution in [-0.2, 0) is 9.59 Å². The van der Waals surface area contributed by atoms with Gasteiger partial charge in [0.25, 0.3) is 0 Å². The molecular weight excluding hydrogens is 272 g/mol. The van der Waals surface area contributed by atoms with Gasteiger partial charge in [0, 0.05) is 12.3 Å². The van der Waals surface area contributed by atoms with E-state index in [1.165, 1.54) is 5.57 Å². The molecule has 0 aromatic carbocycles. The van der Waals surface area contributed by atoms with Crippen LogP contribution in [0, 0.1) is 46.3 Å². The highest BCUT2D eigenvalue weighted by Gasteiger charge is 2.73. The number of ketones is 2. The summed E-state index contributed by atoms with van der Waals surface area (Å²) in [4.78, 5) is 26.5. The van der Waals surface area contributed by atoms with E-state index in [-0.39, 0.29) is 29.3 Å². The first-order chi connectivity index (χ1) is 10.2. The molecule has 22 heavy (non-hydrogen) atoms. The molecule has 0 amide bonds. The van der Waals surface area contributed by atoms with Gasteiger partial charge in [-0.15, -0.1) is 0 Å². The fourth-order valence-electron chi connectivity index (χ4n) is 6.68. The molecule has 0 heterocycles. The van der Waals surface area contributed by atoms with E-state index in [1.54, 1.807) is 0 Å². The minimum atomic E-state index is -0.675. The van der Waals surface area contributed by atoms with Gasteiger partial charge in [0.05, 0.1) is 5.41 Å². The summed E-state index contributed by atoms with van der Waals surface area (Å²) in [6, 6.07) is 0. The van der Waals surface area contributed by atoms with Crippen molar-refractivity contribution in [3.8, 4) is 0 Å². The SMILES string of the molecule is CC1=C[C@H]2[C@H](C)CC(=O)[C@]23C(=O)[C@H](C)C[C@@H]2[C@H]([C@@H]3C1)C2(C)C. The van der Waals surface area contributed by atoms with Crippen LogP contribution in [0.25, 0.3) is 0 Å². The number of Topliss-reactive ketones (excluding diaryl/α,β-unsaturated/α-hetero) is 2. The van der Waals surface area contributed by atoms with E-state index >= 15 is 0 Å². The van der Waals surface area contributed by atoms with Gasteiger partial charge >= 0.3 is 0 Å². The Morgan fingerprint density at radius 3 is 2.45 bits per heavy atom. The van der Waals surface area contributed by atoms with Crippen LogP contribution in [0.1, 0.15) is 53.9 Å². The lowest BCUT2D eigenvalue weighted by Gasteiger charge is -2.44. The van der Waals surface area contributed by atoms with E-state index in [0.717, 1.165) is 12.8 Å². The molecule has 1 spiro atoms. The zero-order valence-electron chi connectivity index (χ0n) is 14.5. The Kier molecular flexibility index (Phi) is 2.75. The summed E-state index contributed by atoms with van der Waals surface area (Å²) in [7, 11) is 0. The van der Waals surface area contributed by atoms with Gasteiger partial charge in [0.2, 0.25) is 0 Å². The predicted octanol–water partition coefficient (Wildman–Crippen LogP) is 4.05. The molecule has 0 bridgehead atoms. The summed E-state index contributed by atoms with van der Waals surface area (Å²) < 4.78 is 0. The lowest BCUT2D eigenvalue weighted by molar-refractivity contribution is -0.148. The third kappa shape index (κ3) is 1.47. The van der Waals surface area contributed by atoms with Crippen LogP contribution in [0.15, 0.2) is 11.6 Å². The molecule has 2 nitrogen and oxygen atoms in total. The van der Waals surface area contributed by atoms with Gasteiger partial charge in [-0.25, -0.2) is 0 Å². The molecule has 0 aliphatic heterocycles. The number of carbonyl (C=O) groups is 2. The molecule has 4 aliphatic rings. The Labute approximate surface area is 133 Å². The standard InChI is InChI=1S/C20H28O2/c1-10-6-13-11(2)9-16(21)20(13)15(7-10)17-14(19(17,4)5)8-12(3)18(20)22/h6,11-15,17H,7-9H2,1-5H3/t11-,12-,13+,14-,15+,17-,20+/m1/s1. The quantitative estimate of drug-likeness (QED) is 0.500. The Morgan fingerprint density at radius 2 is 1.77 bits per heavy atom. The van der Waals surface area contributed by atoms with E-state index < -0.39 is 5.41 Å². The lowest BCUT2D eigenvalue weighted by atomic mass is 9.56. The molecule has 4 aliphatic carbocycles. The van der Waals surface area contributed by atoms with Gasteiger partial charge in [-0.3, -0.25) is 9.59 Å². The molecule has 3 fully saturated rings. The molecular formula is C20H28O2. The van der Waals surface area contributed by atoms with Crippen LogP contribution in [0.2, 0.25) is 0 Å². The van der Waals surface area contributed by atoms with Crippen LogP contribution >= 0.6 is 0 Å². The van der Waals surface area contributed by atoms with Crippen molar-refractivity contribution in [2.45, 2.75) is 53.9 Å². The van der Waals surface area contributed by atoms with E-state index in [0.29, 0.717) is 29.6 Å². The van der Waals surface area contributed by atoms with Crippen LogP contribution in [0.5, 0.6) is 0 Å². The van der Waals surface area contributed by atoms with Gasteiger partial charge in [-0.1, -0.05) is 39.3 Å². The summed E-state index contributed by atoms with van der Waals surface area (Å²) >= 11 is 0. The van der Waals surface area contributed by atoms with Crippen molar-refractivity contribution >= 4 is 11.6 Å². The Balaban J connectivity index is 1.93. The Bertz CT molecular complexity index is 599. The number of hydrogen-bond acceptors (Lipinski definition) is 2. The third-order valence-corrected chi connectivity index (χ3v) is 7.73. The van der Waals surface area contributed by atoms with E-state index in [1.807, 2.05) is 0 Å². The summed E-state index contributed by atoms with van der Waals surface area (Å²) in [5.41, 5.74) is 1.03. The molecule has 120 valence electrons. The van der Waals surface area contributed by atoms with Crippen molar-refractivity contribution in [1.29, 1.82) is 0 Å². The second-order valence-corrected chi connectivity index (χ2v) is 9.28. The summed E-state index contributed by atoms with van der Waals surface area (Å²) in [6.45, 7) is 11.1. The fraction of sp³-hybridized carbons (Fsp3) is 0.800. The van der Waals surface area contributed by atoms with E-state index in [2.05, 4.69) is 40.7 Å². The van der Waals surface area contributed by atoms with Crippen molar-refractivity contribution in [1.82, 2.24) is 0 Å². The molecule has 0 N–H and O–H groups in total. The molecule has 0 aromatic heterocycles. The van der Waals surface area contributed by atoms with E-state index in [4.69, 9.17) is 0 Å². The molecule has 4 rings (SSSR count). The molecule has 3 saturated carbocycles.